The van der Waals surface area contributed by atoms with Crippen molar-refractivity contribution in [2.24, 2.45) is 0 Å². The van der Waals surface area contributed by atoms with E-state index in [1.54, 1.807) is 12.2 Å². The molecule has 2 heteroatoms. The summed E-state index contributed by atoms with van der Waals surface area (Å²) in [7, 11) is 0. The Labute approximate surface area is 86.4 Å². The molecule has 0 spiro atoms. The summed E-state index contributed by atoms with van der Waals surface area (Å²) < 4.78 is 0. The van der Waals surface area contributed by atoms with E-state index in [1.807, 2.05) is 6.08 Å². The summed E-state index contributed by atoms with van der Waals surface area (Å²) in [5.74, 6) is 0. The van der Waals surface area contributed by atoms with Crippen LogP contribution in [0.4, 0.5) is 0 Å². The number of nitrogens with one attached hydrogen (secondary N) is 1. The van der Waals surface area contributed by atoms with Crippen molar-refractivity contribution in [1.29, 1.82) is 0 Å². The number of carbonyl (C=O) groups excluding carboxylic acids is 1. The molecular weight excluding hydrogens is 174 g/mol. The van der Waals surface area contributed by atoms with Crippen molar-refractivity contribution in [3.63, 3.8) is 0 Å². The highest BCUT2D eigenvalue weighted by Gasteiger charge is 2.18. The van der Waals surface area contributed by atoms with Crippen molar-refractivity contribution >= 4 is 6.29 Å². The first-order valence-electron chi connectivity index (χ1n) is 4.72. The molecule has 0 amide bonds. The molecule has 0 bridgehead atoms. The lowest BCUT2D eigenvalue weighted by Crippen LogP contribution is -2.41. The molecule has 0 radical (unpaired) electrons. The average Bonchev–Trinajstić information content (AvgIpc) is 2.14. The minimum absolute atomic E-state index is 0.168. The summed E-state index contributed by atoms with van der Waals surface area (Å²) in [5, 5.41) is 3.28. The van der Waals surface area contributed by atoms with E-state index in [0.717, 1.165) is 11.9 Å². The first kappa shape index (κ1) is 12.8. The lowest BCUT2D eigenvalue weighted by atomic mass is 9.93. The van der Waals surface area contributed by atoms with Gasteiger partial charge < -0.3 is 10.1 Å². The lowest BCUT2D eigenvalue weighted by Gasteiger charge is -2.27. The molecule has 0 aliphatic rings. The van der Waals surface area contributed by atoms with Crippen LogP contribution in [-0.2, 0) is 4.79 Å². The van der Waals surface area contributed by atoms with Gasteiger partial charge in [-0.25, -0.2) is 0 Å². The standard InChI is InChI=1S/C12H19NO/c1-5-8-11(6-2)12(3,4)13-9-7-10-14/h5-6,8,10,13H,1-2,7,9H2,3-4H3/b11-8+. The van der Waals surface area contributed by atoms with Crippen LogP contribution in [0.1, 0.15) is 20.3 Å². The van der Waals surface area contributed by atoms with Crippen molar-refractivity contribution in [2.45, 2.75) is 25.8 Å². The first-order valence-corrected chi connectivity index (χ1v) is 4.72. The minimum atomic E-state index is -0.168. The summed E-state index contributed by atoms with van der Waals surface area (Å²) in [6, 6.07) is 0. The van der Waals surface area contributed by atoms with Gasteiger partial charge in [0.25, 0.3) is 0 Å². The highest BCUT2D eigenvalue weighted by atomic mass is 16.1. The number of carbonyl (C=O) groups is 1. The van der Waals surface area contributed by atoms with Crippen molar-refractivity contribution in [3.8, 4) is 0 Å². The maximum absolute atomic E-state index is 10.2. The monoisotopic (exact) mass is 193 g/mol. The molecule has 0 heterocycles. The second-order valence-electron chi connectivity index (χ2n) is 3.57. The molecule has 1 N–H and O–H groups in total. The number of hydrogen-bond acceptors (Lipinski definition) is 2. The Hall–Kier alpha value is -1.15. The molecule has 2 nitrogen and oxygen atoms in total. The van der Waals surface area contributed by atoms with Gasteiger partial charge in [0.15, 0.2) is 0 Å². The molecule has 0 aliphatic heterocycles. The van der Waals surface area contributed by atoms with Crippen molar-refractivity contribution in [3.05, 3.63) is 37.0 Å². The molecule has 0 saturated carbocycles. The van der Waals surface area contributed by atoms with Gasteiger partial charge in [-0.05, 0) is 19.4 Å². The van der Waals surface area contributed by atoms with Gasteiger partial charge in [0.2, 0.25) is 0 Å². The Bertz CT molecular complexity index is 239. The molecule has 0 aromatic heterocycles. The fourth-order valence-corrected chi connectivity index (χ4v) is 1.20. The Morgan fingerprint density at radius 3 is 2.50 bits per heavy atom. The van der Waals surface area contributed by atoms with Crippen LogP contribution >= 0.6 is 0 Å². The average molecular weight is 193 g/mol. The van der Waals surface area contributed by atoms with Crippen LogP contribution in [0, 0.1) is 0 Å². The largest absolute Gasteiger partial charge is 0.307 e. The maximum Gasteiger partial charge on any atom is 0.121 e. The van der Waals surface area contributed by atoms with E-state index in [1.165, 1.54) is 0 Å². The van der Waals surface area contributed by atoms with Crippen molar-refractivity contribution < 1.29 is 4.79 Å². The molecule has 0 fully saturated rings. The van der Waals surface area contributed by atoms with E-state index in [9.17, 15) is 4.79 Å². The zero-order valence-corrected chi connectivity index (χ0v) is 9.05. The third-order valence-electron chi connectivity index (χ3n) is 2.07. The van der Waals surface area contributed by atoms with Crippen LogP contribution in [0.2, 0.25) is 0 Å². The van der Waals surface area contributed by atoms with Crippen molar-refractivity contribution in [1.82, 2.24) is 5.32 Å². The second kappa shape index (κ2) is 6.33. The van der Waals surface area contributed by atoms with Gasteiger partial charge in [-0.3, -0.25) is 0 Å². The van der Waals surface area contributed by atoms with Crippen LogP contribution < -0.4 is 5.32 Å². The summed E-state index contributed by atoms with van der Waals surface area (Å²) in [6.07, 6.45) is 6.90. The zero-order chi connectivity index (χ0) is 11.0. The Morgan fingerprint density at radius 1 is 1.43 bits per heavy atom. The summed E-state index contributed by atoms with van der Waals surface area (Å²) in [4.78, 5) is 10.2. The van der Waals surface area contributed by atoms with Gasteiger partial charge in [0.1, 0.15) is 6.29 Å². The van der Waals surface area contributed by atoms with Gasteiger partial charge >= 0.3 is 0 Å². The van der Waals surface area contributed by atoms with Gasteiger partial charge in [0.05, 0.1) is 0 Å². The molecule has 78 valence electrons. The van der Waals surface area contributed by atoms with Gasteiger partial charge in [-0.15, -0.1) is 0 Å². The van der Waals surface area contributed by atoms with Crippen LogP contribution in [0.25, 0.3) is 0 Å². The summed E-state index contributed by atoms with van der Waals surface area (Å²) in [5.41, 5.74) is 0.900. The second-order valence-corrected chi connectivity index (χ2v) is 3.57. The van der Waals surface area contributed by atoms with Crippen LogP contribution in [-0.4, -0.2) is 18.4 Å². The van der Waals surface area contributed by atoms with Gasteiger partial charge in [-0.1, -0.05) is 31.4 Å². The third-order valence-corrected chi connectivity index (χ3v) is 2.07. The molecule has 14 heavy (non-hydrogen) atoms. The van der Waals surface area contributed by atoms with E-state index < -0.39 is 0 Å². The SMILES string of the molecule is C=C/C=C(\C=C)C(C)(C)NCCC=O. The Morgan fingerprint density at radius 2 is 2.07 bits per heavy atom. The quantitative estimate of drug-likeness (QED) is 0.381. The third kappa shape index (κ3) is 4.19. The molecule has 0 atom stereocenters. The normalized spacial score (nSPS) is 12.3. The lowest BCUT2D eigenvalue weighted by molar-refractivity contribution is -0.107. The highest BCUT2D eigenvalue weighted by Crippen LogP contribution is 2.16. The van der Waals surface area contributed by atoms with Crippen LogP contribution in [0.3, 0.4) is 0 Å². The van der Waals surface area contributed by atoms with E-state index in [2.05, 4.69) is 32.3 Å². The molecule has 0 aromatic carbocycles. The molecule has 0 saturated heterocycles. The molecule has 0 rings (SSSR count). The highest BCUT2D eigenvalue weighted by molar-refractivity contribution is 5.49. The number of rotatable bonds is 7. The fourth-order valence-electron chi connectivity index (χ4n) is 1.20. The topological polar surface area (TPSA) is 29.1 Å². The molecule has 0 aromatic rings. The van der Waals surface area contributed by atoms with Gasteiger partial charge in [-0.2, -0.15) is 0 Å². The predicted octanol–water partition coefficient (Wildman–Crippen LogP) is 2.24. The summed E-state index contributed by atoms with van der Waals surface area (Å²) >= 11 is 0. The Balaban J connectivity index is 4.40. The van der Waals surface area contributed by atoms with Gasteiger partial charge in [0, 0.05) is 18.5 Å². The number of hydrogen-bond donors (Lipinski definition) is 1. The fraction of sp³-hybridized carbons (Fsp3) is 0.417. The van der Waals surface area contributed by atoms with E-state index in [0.29, 0.717) is 13.0 Å². The smallest absolute Gasteiger partial charge is 0.121 e. The Kier molecular flexibility index (Phi) is 5.81. The zero-order valence-electron chi connectivity index (χ0n) is 9.05. The van der Waals surface area contributed by atoms with Crippen LogP contribution in [0.5, 0.6) is 0 Å². The van der Waals surface area contributed by atoms with E-state index in [-0.39, 0.29) is 5.54 Å². The minimum Gasteiger partial charge on any atom is -0.307 e. The van der Waals surface area contributed by atoms with E-state index in [4.69, 9.17) is 0 Å². The molecule has 0 aliphatic carbocycles. The maximum atomic E-state index is 10.2. The number of aldehydes is 1. The van der Waals surface area contributed by atoms with Crippen LogP contribution in [0.15, 0.2) is 37.0 Å². The molecule has 0 unspecified atom stereocenters. The molecular formula is C12H19NO. The van der Waals surface area contributed by atoms with E-state index >= 15 is 0 Å². The number of allylic oxidation sites excluding steroid dienone is 2. The first-order chi connectivity index (χ1) is 6.58. The van der Waals surface area contributed by atoms with Crippen molar-refractivity contribution in [2.75, 3.05) is 6.54 Å². The predicted molar refractivity (Wildman–Crippen MR) is 61.2 cm³/mol. The summed E-state index contributed by atoms with van der Waals surface area (Å²) in [6.45, 7) is 12.2.